The summed E-state index contributed by atoms with van der Waals surface area (Å²) in [7, 11) is 0. The van der Waals surface area contributed by atoms with Crippen molar-refractivity contribution >= 4 is 15.9 Å². The van der Waals surface area contributed by atoms with Crippen LogP contribution in [0.15, 0.2) is 22.7 Å². The van der Waals surface area contributed by atoms with Gasteiger partial charge in [0, 0.05) is 16.1 Å². The number of benzene rings is 1. The Bertz CT molecular complexity index is 468. The minimum atomic E-state index is -0.152. The van der Waals surface area contributed by atoms with Gasteiger partial charge in [-0.05, 0) is 56.1 Å². The number of halogens is 2. The van der Waals surface area contributed by atoms with Crippen molar-refractivity contribution in [1.82, 2.24) is 4.90 Å². The van der Waals surface area contributed by atoms with Crippen molar-refractivity contribution in [3.63, 3.8) is 0 Å². The minimum Gasteiger partial charge on any atom is -0.326 e. The Kier molecular flexibility index (Phi) is 5.81. The Morgan fingerprint density at radius 2 is 1.90 bits per heavy atom. The molecule has 4 heteroatoms. The lowest BCUT2D eigenvalue weighted by atomic mass is 9.83. The number of hydrogen-bond acceptors (Lipinski definition) is 2. The van der Waals surface area contributed by atoms with Crippen molar-refractivity contribution in [2.45, 2.75) is 57.5 Å². The topological polar surface area (TPSA) is 29.3 Å². The van der Waals surface area contributed by atoms with Gasteiger partial charge < -0.3 is 5.73 Å². The molecule has 0 radical (unpaired) electrons. The van der Waals surface area contributed by atoms with Gasteiger partial charge in [-0.2, -0.15) is 0 Å². The normalized spacial score (nSPS) is 19.1. The lowest BCUT2D eigenvalue weighted by molar-refractivity contribution is 0.0769. The number of rotatable bonds is 6. The fourth-order valence-corrected chi connectivity index (χ4v) is 4.30. The molecule has 0 spiro atoms. The van der Waals surface area contributed by atoms with Gasteiger partial charge in [0.15, 0.2) is 0 Å². The van der Waals surface area contributed by atoms with Crippen molar-refractivity contribution in [2.24, 2.45) is 5.73 Å². The first kappa shape index (κ1) is 16.9. The van der Waals surface area contributed by atoms with Gasteiger partial charge >= 0.3 is 0 Å². The van der Waals surface area contributed by atoms with Gasteiger partial charge in [0.2, 0.25) is 0 Å². The molecule has 118 valence electrons. The number of hydrogen-bond donors (Lipinski definition) is 1. The van der Waals surface area contributed by atoms with Crippen LogP contribution in [0.1, 0.15) is 45.1 Å². The van der Waals surface area contributed by atoms with E-state index in [0.29, 0.717) is 6.42 Å². The first-order chi connectivity index (χ1) is 10.0. The van der Waals surface area contributed by atoms with E-state index in [9.17, 15) is 4.39 Å². The van der Waals surface area contributed by atoms with Gasteiger partial charge in [-0.3, -0.25) is 4.90 Å². The lowest BCUT2D eigenvalue weighted by Crippen LogP contribution is -2.59. The first-order valence-corrected chi connectivity index (χ1v) is 8.77. The Morgan fingerprint density at radius 1 is 1.29 bits per heavy atom. The smallest absolute Gasteiger partial charge is 0.126 e. The van der Waals surface area contributed by atoms with E-state index >= 15 is 0 Å². The van der Waals surface area contributed by atoms with Crippen LogP contribution in [0.4, 0.5) is 4.39 Å². The summed E-state index contributed by atoms with van der Waals surface area (Å²) >= 11 is 3.42. The summed E-state index contributed by atoms with van der Waals surface area (Å²) in [5.74, 6) is -0.152. The average Bonchev–Trinajstić information content (AvgIpc) is 2.95. The van der Waals surface area contributed by atoms with Gasteiger partial charge in [0.1, 0.15) is 5.82 Å². The number of likely N-dealkylation sites (N-methyl/N-ethyl adjacent to an activating group) is 1. The van der Waals surface area contributed by atoms with E-state index in [1.807, 2.05) is 6.07 Å². The average molecular weight is 357 g/mol. The molecule has 2 nitrogen and oxygen atoms in total. The van der Waals surface area contributed by atoms with Gasteiger partial charge in [-0.1, -0.05) is 42.6 Å². The summed E-state index contributed by atoms with van der Waals surface area (Å²) in [6, 6.07) is 5.09. The molecule has 2 N–H and O–H groups in total. The highest BCUT2D eigenvalue weighted by Crippen LogP contribution is 2.38. The Hall–Kier alpha value is -0.450. The molecule has 1 unspecified atom stereocenters. The molecule has 1 fully saturated rings. The molecule has 0 bridgehead atoms. The van der Waals surface area contributed by atoms with Crippen LogP contribution < -0.4 is 5.73 Å². The van der Waals surface area contributed by atoms with Crippen molar-refractivity contribution < 1.29 is 4.39 Å². The molecule has 21 heavy (non-hydrogen) atoms. The molecule has 1 aromatic rings. The molecular weight excluding hydrogens is 331 g/mol. The maximum absolute atomic E-state index is 14.0. The highest BCUT2D eigenvalue weighted by molar-refractivity contribution is 9.10. The van der Waals surface area contributed by atoms with Crippen molar-refractivity contribution in [1.29, 1.82) is 0 Å². The zero-order valence-electron chi connectivity index (χ0n) is 13.0. The molecule has 1 atom stereocenters. The molecule has 0 aromatic heterocycles. The molecular formula is C17H26BrFN2. The van der Waals surface area contributed by atoms with Crippen LogP contribution in [0.25, 0.3) is 0 Å². The second-order valence-corrected chi connectivity index (χ2v) is 6.94. The van der Waals surface area contributed by atoms with E-state index < -0.39 is 0 Å². The van der Waals surface area contributed by atoms with E-state index in [0.717, 1.165) is 36.0 Å². The van der Waals surface area contributed by atoms with E-state index in [2.05, 4.69) is 34.7 Å². The molecule has 0 heterocycles. The van der Waals surface area contributed by atoms with Crippen LogP contribution >= 0.6 is 15.9 Å². The predicted octanol–water partition coefficient (Wildman–Crippen LogP) is 4.11. The SMILES string of the molecule is CCN(CC)C1(C(N)Cc2cc(Br)ccc2F)CCCC1. The maximum atomic E-state index is 14.0. The fraction of sp³-hybridized carbons (Fsp3) is 0.647. The third-order valence-electron chi connectivity index (χ3n) is 5.00. The highest BCUT2D eigenvalue weighted by atomic mass is 79.9. The number of nitrogens with zero attached hydrogens (tertiary/aromatic N) is 1. The summed E-state index contributed by atoms with van der Waals surface area (Å²) in [4.78, 5) is 2.49. The maximum Gasteiger partial charge on any atom is 0.126 e. The second-order valence-electron chi connectivity index (χ2n) is 6.03. The molecule has 1 aromatic carbocycles. The first-order valence-electron chi connectivity index (χ1n) is 7.98. The summed E-state index contributed by atoms with van der Waals surface area (Å²) in [6.45, 7) is 6.39. The Morgan fingerprint density at radius 3 is 2.48 bits per heavy atom. The van der Waals surface area contributed by atoms with E-state index in [1.54, 1.807) is 6.07 Å². The van der Waals surface area contributed by atoms with Crippen molar-refractivity contribution in [2.75, 3.05) is 13.1 Å². The van der Waals surface area contributed by atoms with Crippen LogP contribution in [0.2, 0.25) is 0 Å². The zero-order valence-corrected chi connectivity index (χ0v) is 14.6. The minimum absolute atomic E-state index is 0.0244. The van der Waals surface area contributed by atoms with Crippen molar-refractivity contribution in [3.8, 4) is 0 Å². The zero-order chi connectivity index (χ0) is 15.5. The highest BCUT2D eigenvalue weighted by Gasteiger charge is 2.43. The molecule has 1 aliphatic rings. The molecule has 2 rings (SSSR count). The summed E-state index contributed by atoms with van der Waals surface area (Å²) < 4.78 is 14.9. The predicted molar refractivity (Wildman–Crippen MR) is 89.9 cm³/mol. The van der Waals surface area contributed by atoms with Gasteiger partial charge in [0.25, 0.3) is 0 Å². The molecule has 1 saturated carbocycles. The lowest BCUT2D eigenvalue weighted by Gasteiger charge is -2.45. The molecule has 1 aliphatic carbocycles. The summed E-state index contributed by atoms with van der Waals surface area (Å²) in [5, 5.41) is 0. The molecule has 0 saturated heterocycles. The molecule has 0 aliphatic heterocycles. The van der Waals surface area contributed by atoms with Crippen LogP contribution in [-0.2, 0) is 6.42 Å². The summed E-state index contributed by atoms with van der Waals surface area (Å²) in [5.41, 5.74) is 7.35. The Balaban J connectivity index is 2.23. The molecule has 0 amide bonds. The van der Waals surface area contributed by atoms with E-state index in [4.69, 9.17) is 5.73 Å². The van der Waals surface area contributed by atoms with E-state index in [1.165, 1.54) is 18.9 Å². The van der Waals surface area contributed by atoms with Crippen LogP contribution in [0, 0.1) is 5.82 Å². The number of nitrogens with two attached hydrogens (primary N) is 1. The second kappa shape index (κ2) is 7.21. The largest absolute Gasteiger partial charge is 0.326 e. The van der Waals surface area contributed by atoms with Crippen LogP contribution in [-0.4, -0.2) is 29.6 Å². The summed E-state index contributed by atoms with van der Waals surface area (Å²) in [6.07, 6.45) is 5.31. The standard InChI is InChI=1S/C17H26BrFN2/c1-3-21(4-2)17(9-5-6-10-17)16(20)12-13-11-14(18)7-8-15(13)19/h7-8,11,16H,3-6,9-10,12,20H2,1-2H3. The monoisotopic (exact) mass is 356 g/mol. The van der Waals surface area contributed by atoms with Crippen molar-refractivity contribution in [3.05, 3.63) is 34.1 Å². The third kappa shape index (κ3) is 3.49. The quantitative estimate of drug-likeness (QED) is 0.830. The van der Waals surface area contributed by atoms with Gasteiger partial charge in [-0.25, -0.2) is 4.39 Å². The fourth-order valence-electron chi connectivity index (χ4n) is 3.89. The van der Waals surface area contributed by atoms with Crippen LogP contribution in [0.5, 0.6) is 0 Å². The van der Waals surface area contributed by atoms with Gasteiger partial charge in [0.05, 0.1) is 0 Å². The van der Waals surface area contributed by atoms with Gasteiger partial charge in [-0.15, -0.1) is 0 Å². The Labute approximate surface area is 136 Å². The van der Waals surface area contributed by atoms with E-state index in [-0.39, 0.29) is 17.4 Å². The van der Waals surface area contributed by atoms with Crippen LogP contribution in [0.3, 0.4) is 0 Å². The third-order valence-corrected chi connectivity index (χ3v) is 5.49.